The van der Waals surface area contributed by atoms with Crippen molar-refractivity contribution < 1.29 is 4.42 Å². The Kier molecular flexibility index (Phi) is 3.76. The SMILES string of the molecule is C[C@@H](N[C@H](c1ccccc1)C1CC1)c1occc1Br. The molecule has 3 rings (SSSR count). The summed E-state index contributed by atoms with van der Waals surface area (Å²) < 4.78 is 6.59. The summed E-state index contributed by atoms with van der Waals surface area (Å²) >= 11 is 3.53. The van der Waals surface area contributed by atoms with Crippen molar-refractivity contribution in [3.05, 3.63) is 58.5 Å². The van der Waals surface area contributed by atoms with Crippen LogP contribution in [0.1, 0.15) is 43.2 Å². The van der Waals surface area contributed by atoms with Crippen molar-refractivity contribution in [2.45, 2.75) is 31.8 Å². The Labute approximate surface area is 122 Å². The van der Waals surface area contributed by atoms with E-state index in [0.717, 1.165) is 16.2 Å². The van der Waals surface area contributed by atoms with Gasteiger partial charge in [0.25, 0.3) is 0 Å². The first kappa shape index (κ1) is 12.9. The molecule has 0 amide bonds. The minimum atomic E-state index is 0.204. The van der Waals surface area contributed by atoms with E-state index in [-0.39, 0.29) is 6.04 Å². The third kappa shape index (κ3) is 2.93. The molecule has 2 aromatic rings. The largest absolute Gasteiger partial charge is 0.466 e. The second-order valence-electron chi connectivity index (χ2n) is 5.25. The van der Waals surface area contributed by atoms with E-state index in [1.165, 1.54) is 18.4 Å². The molecule has 1 aromatic carbocycles. The predicted octanol–water partition coefficient (Wildman–Crippen LogP) is 4.84. The number of halogens is 1. The molecule has 3 heteroatoms. The number of hydrogen-bond donors (Lipinski definition) is 1. The molecule has 1 aliphatic rings. The highest BCUT2D eigenvalue weighted by Gasteiger charge is 2.33. The smallest absolute Gasteiger partial charge is 0.134 e. The quantitative estimate of drug-likeness (QED) is 0.852. The van der Waals surface area contributed by atoms with Gasteiger partial charge in [-0.3, -0.25) is 0 Å². The van der Waals surface area contributed by atoms with Crippen LogP contribution in [0.2, 0.25) is 0 Å². The maximum absolute atomic E-state index is 5.55. The molecule has 1 aromatic heterocycles. The number of nitrogens with one attached hydrogen (secondary N) is 1. The summed E-state index contributed by atoms with van der Waals surface area (Å²) in [6.45, 7) is 2.15. The third-order valence-electron chi connectivity index (χ3n) is 3.72. The van der Waals surface area contributed by atoms with Gasteiger partial charge in [0.2, 0.25) is 0 Å². The van der Waals surface area contributed by atoms with E-state index in [1.807, 2.05) is 6.07 Å². The Morgan fingerprint density at radius 3 is 2.53 bits per heavy atom. The zero-order valence-corrected chi connectivity index (χ0v) is 12.6. The van der Waals surface area contributed by atoms with Crippen LogP contribution in [0, 0.1) is 5.92 Å². The van der Waals surface area contributed by atoms with E-state index in [1.54, 1.807) is 6.26 Å². The minimum Gasteiger partial charge on any atom is -0.466 e. The topological polar surface area (TPSA) is 25.2 Å². The highest BCUT2D eigenvalue weighted by Crippen LogP contribution is 2.42. The van der Waals surface area contributed by atoms with Gasteiger partial charge in [-0.2, -0.15) is 0 Å². The summed E-state index contributed by atoms with van der Waals surface area (Å²) in [7, 11) is 0. The van der Waals surface area contributed by atoms with Crippen LogP contribution in [0.5, 0.6) is 0 Å². The maximum Gasteiger partial charge on any atom is 0.134 e. The standard InChI is InChI=1S/C16H18BrNO/c1-11(16-14(17)9-10-19-16)18-15(13-7-8-13)12-5-3-2-4-6-12/h2-6,9-11,13,15,18H,7-8H2,1H3/t11-,15-/m1/s1. The van der Waals surface area contributed by atoms with Crippen LogP contribution in [0.25, 0.3) is 0 Å². The van der Waals surface area contributed by atoms with E-state index < -0.39 is 0 Å². The van der Waals surface area contributed by atoms with Crippen LogP contribution < -0.4 is 5.32 Å². The van der Waals surface area contributed by atoms with Crippen molar-refractivity contribution in [2.75, 3.05) is 0 Å². The average Bonchev–Trinajstić information content (AvgIpc) is 3.18. The summed E-state index contributed by atoms with van der Waals surface area (Å²) in [6.07, 6.45) is 4.36. The lowest BCUT2D eigenvalue weighted by Gasteiger charge is -2.23. The van der Waals surface area contributed by atoms with E-state index in [9.17, 15) is 0 Å². The molecule has 1 N–H and O–H groups in total. The summed E-state index contributed by atoms with van der Waals surface area (Å²) in [5, 5.41) is 3.71. The molecule has 100 valence electrons. The van der Waals surface area contributed by atoms with Crippen LogP contribution in [0.15, 0.2) is 51.6 Å². The van der Waals surface area contributed by atoms with E-state index in [4.69, 9.17) is 4.42 Å². The fourth-order valence-electron chi connectivity index (χ4n) is 2.55. The molecule has 2 atom stereocenters. The summed E-state index contributed by atoms with van der Waals surface area (Å²) in [6, 6.07) is 13.3. The Bertz CT molecular complexity index is 533. The van der Waals surface area contributed by atoms with Gasteiger partial charge in [0.15, 0.2) is 0 Å². The molecule has 0 saturated heterocycles. The van der Waals surface area contributed by atoms with Gasteiger partial charge in [0.05, 0.1) is 16.8 Å². The molecule has 0 bridgehead atoms. The first-order valence-corrected chi connectivity index (χ1v) is 7.59. The Hall–Kier alpha value is -1.06. The van der Waals surface area contributed by atoms with Crippen LogP contribution in [0.4, 0.5) is 0 Å². The number of benzene rings is 1. The van der Waals surface area contributed by atoms with Gasteiger partial charge in [-0.05, 0) is 53.2 Å². The minimum absolute atomic E-state index is 0.204. The molecule has 0 spiro atoms. The van der Waals surface area contributed by atoms with Crippen molar-refractivity contribution in [1.29, 1.82) is 0 Å². The third-order valence-corrected chi connectivity index (χ3v) is 4.37. The Morgan fingerprint density at radius 2 is 1.95 bits per heavy atom. The molecule has 1 saturated carbocycles. The van der Waals surface area contributed by atoms with Gasteiger partial charge < -0.3 is 9.73 Å². The molecule has 1 heterocycles. The van der Waals surface area contributed by atoms with Gasteiger partial charge in [-0.15, -0.1) is 0 Å². The normalized spacial score (nSPS) is 18.2. The second kappa shape index (κ2) is 5.51. The lowest BCUT2D eigenvalue weighted by atomic mass is 10.0. The van der Waals surface area contributed by atoms with Crippen molar-refractivity contribution in [1.82, 2.24) is 5.32 Å². The molecule has 1 aliphatic carbocycles. The van der Waals surface area contributed by atoms with E-state index >= 15 is 0 Å². The van der Waals surface area contributed by atoms with Gasteiger partial charge in [0.1, 0.15) is 5.76 Å². The number of hydrogen-bond acceptors (Lipinski definition) is 2. The highest BCUT2D eigenvalue weighted by molar-refractivity contribution is 9.10. The maximum atomic E-state index is 5.55. The van der Waals surface area contributed by atoms with Crippen LogP contribution >= 0.6 is 15.9 Å². The lowest BCUT2D eigenvalue weighted by molar-refractivity contribution is 0.370. The van der Waals surface area contributed by atoms with Gasteiger partial charge in [-0.1, -0.05) is 30.3 Å². The van der Waals surface area contributed by atoms with Crippen molar-refractivity contribution in [2.24, 2.45) is 5.92 Å². The number of rotatable bonds is 5. The van der Waals surface area contributed by atoms with Crippen LogP contribution in [-0.2, 0) is 0 Å². The zero-order chi connectivity index (χ0) is 13.2. The van der Waals surface area contributed by atoms with Crippen molar-refractivity contribution >= 4 is 15.9 Å². The summed E-state index contributed by atoms with van der Waals surface area (Å²) in [4.78, 5) is 0. The Morgan fingerprint density at radius 1 is 1.21 bits per heavy atom. The van der Waals surface area contributed by atoms with Gasteiger partial charge >= 0.3 is 0 Å². The highest BCUT2D eigenvalue weighted by atomic mass is 79.9. The van der Waals surface area contributed by atoms with Crippen LogP contribution in [0.3, 0.4) is 0 Å². The van der Waals surface area contributed by atoms with Crippen molar-refractivity contribution in [3.8, 4) is 0 Å². The van der Waals surface area contributed by atoms with E-state index in [0.29, 0.717) is 6.04 Å². The fraction of sp³-hybridized carbons (Fsp3) is 0.375. The predicted molar refractivity (Wildman–Crippen MR) is 79.9 cm³/mol. The molecule has 0 aliphatic heterocycles. The molecule has 0 unspecified atom stereocenters. The molecular formula is C16H18BrNO. The first-order valence-electron chi connectivity index (χ1n) is 6.79. The number of furan rings is 1. The zero-order valence-electron chi connectivity index (χ0n) is 11.0. The molecule has 0 radical (unpaired) electrons. The molecule has 1 fully saturated rings. The molecule has 19 heavy (non-hydrogen) atoms. The van der Waals surface area contributed by atoms with Gasteiger partial charge in [0, 0.05) is 6.04 Å². The summed E-state index contributed by atoms with van der Waals surface area (Å²) in [5.74, 6) is 1.74. The monoisotopic (exact) mass is 319 g/mol. The summed E-state index contributed by atoms with van der Waals surface area (Å²) in [5.41, 5.74) is 1.37. The van der Waals surface area contributed by atoms with Crippen LogP contribution in [-0.4, -0.2) is 0 Å². The van der Waals surface area contributed by atoms with Crippen molar-refractivity contribution in [3.63, 3.8) is 0 Å². The molecular weight excluding hydrogens is 302 g/mol. The first-order chi connectivity index (χ1) is 9.25. The van der Waals surface area contributed by atoms with E-state index in [2.05, 4.69) is 58.5 Å². The average molecular weight is 320 g/mol. The van der Waals surface area contributed by atoms with Gasteiger partial charge in [-0.25, -0.2) is 0 Å². The Balaban J connectivity index is 1.77. The molecule has 2 nitrogen and oxygen atoms in total. The lowest BCUT2D eigenvalue weighted by Crippen LogP contribution is -2.26. The fourth-order valence-corrected chi connectivity index (χ4v) is 3.10. The second-order valence-corrected chi connectivity index (χ2v) is 6.10.